The summed E-state index contributed by atoms with van der Waals surface area (Å²) in [6.07, 6.45) is 2.63. The van der Waals surface area contributed by atoms with Gasteiger partial charge in [0.15, 0.2) is 5.82 Å². The van der Waals surface area contributed by atoms with Crippen molar-refractivity contribution in [2.75, 3.05) is 10.6 Å². The minimum Gasteiger partial charge on any atom is -0.339 e. The van der Waals surface area contributed by atoms with E-state index in [1.165, 1.54) is 5.56 Å². The first-order valence-electron chi connectivity index (χ1n) is 7.63. The molecular formula is C18H19N5. The number of aryl methyl sites for hydroxylation is 2. The molecule has 0 aliphatic carbocycles. The summed E-state index contributed by atoms with van der Waals surface area (Å²) in [5.41, 5.74) is 4.39. The van der Waals surface area contributed by atoms with E-state index in [2.05, 4.69) is 44.9 Å². The monoisotopic (exact) mass is 305 g/mol. The minimum atomic E-state index is 0.466. The lowest BCUT2D eigenvalue weighted by molar-refractivity contribution is 0.982. The van der Waals surface area contributed by atoms with Crippen LogP contribution in [-0.4, -0.2) is 15.2 Å². The number of hydrogen-bond acceptors (Lipinski definition) is 5. The van der Waals surface area contributed by atoms with Gasteiger partial charge in [-0.25, -0.2) is 0 Å². The molecule has 0 atom stereocenters. The molecule has 0 aliphatic rings. The van der Waals surface area contributed by atoms with Gasteiger partial charge >= 0.3 is 0 Å². The summed E-state index contributed by atoms with van der Waals surface area (Å²) in [7, 11) is 0. The Morgan fingerprint density at radius 2 is 1.74 bits per heavy atom. The van der Waals surface area contributed by atoms with Crippen LogP contribution in [-0.2, 0) is 6.42 Å². The third-order valence-corrected chi connectivity index (χ3v) is 3.58. The fourth-order valence-corrected chi connectivity index (χ4v) is 2.22. The SMILES string of the molecule is CCc1ccc(Nc2nncc(Nc3ccccc3C)n2)cc1. The van der Waals surface area contributed by atoms with E-state index in [0.29, 0.717) is 11.8 Å². The van der Waals surface area contributed by atoms with Crippen molar-refractivity contribution in [1.29, 1.82) is 0 Å². The molecule has 23 heavy (non-hydrogen) atoms. The summed E-state index contributed by atoms with van der Waals surface area (Å²) in [4.78, 5) is 4.45. The van der Waals surface area contributed by atoms with Gasteiger partial charge in [-0.3, -0.25) is 0 Å². The van der Waals surface area contributed by atoms with Crippen molar-refractivity contribution in [2.45, 2.75) is 20.3 Å². The lowest BCUT2D eigenvalue weighted by atomic mass is 10.1. The topological polar surface area (TPSA) is 62.7 Å². The second-order valence-corrected chi connectivity index (χ2v) is 5.28. The zero-order valence-corrected chi connectivity index (χ0v) is 13.2. The Hall–Kier alpha value is -2.95. The number of rotatable bonds is 5. The molecule has 2 N–H and O–H groups in total. The van der Waals surface area contributed by atoms with E-state index < -0.39 is 0 Å². The Bertz CT molecular complexity index is 783. The van der Waals surface area contributed by atoms with Crippen molar-refractivity contribution in [2.24, 2.45) is 0 Å². The number of anilines is 4. The molecule has 0 bridgehead atoms. The molecule has 3 rings (SSSR count). The third-order valence-electron chi connectivity index (χ3n) is 3.58. The zero-order valence-electron chi connectivity index (χ0n) is 13.2. The minimum absolute atomic E-state index is 0.466. The quantitative estimate of drug-likeness (QED) is 0.738. The molecule has 0 saturated carbocycles. The van der Waals surface area contributed by atoms with E-state index in [-0.39, 0.29) is 0 Å². The van der Waals surface area contributed by atoms with Crippen LogP contribution in [0.15, 0.2) is 54.7 Å². The first-order valence-corrected chi connectivity index (χ1v) is 7.63. The Kier molecular flexibility index (Phi) is 4.47. The number of benzene rings is 2. The molecule has 0 radical (unpaired) electrons. The molecule has 3 aromatic rings. The summed E-state index contributed by atoms with van der Waals surface area (Å²) >= 11 is 0. The van der Waals surface area contributed by atoms with Crippen LogP contribution in [0.25, 0.3) is 0 Å². The molecule has 2 aromatic carbocycles. The predicted molar refractivity (Wildman–Crippen MR) is 93.4 cm³/mol. The summed E-state index contributed by atoms with van der Waals surface area (Å²) < 4.78 is 0. The molecule has 5 nitrogen and oxygen atoms in total. The van der Waals surface area contributed by atoms with Crippen LogP contribution < -0.4 is 10.6 Å². The number of nitrogens with zero attached hydrogens (tertiary/aromatic N) is 3. The van der Waals surface area contributed by atoms with Crippen LogP contribution in [0.4, 0.5) is 23.1 Å². The summed E-state index contributed by atoms with van der Waals surface area (Å²) in [5, 5.41) is 14.5. The van der Waals surface area contributed by atoms with Crippen LogP contribution >= 0.6 is 0 Å². The largest absolute Gasteiger partial charge is 0.339 e. The van der Waals surface area contributed by atoms with Gasteiger partial charge in [0.2, 0.25) is 5.95 Å². The van der Waals surface area contributed by atoms with Gasteiger partial charge in [-0.2, -0.15) is 10.1 Å². The van der Waals surface area contributed by atoms with E-state index in [9.17, 15) is 0 Å². The van der Waals surface area contributed by atoms with Gasteiger partial charge in [-0.15, -0.1) is 5.10 Å². The fourth-order valence-electron chi connectivity index (χ4n) is 2.22. The molecule has 0 fully saturated rings. The van der Waals surface area contributed by atoms with Crippen LogP contribution in [0.2, 0.25) is 0 Å². The summed E-state index contributed by atoms with van der Waals surface area (Å²) in [5.74, 6) is 1.12. The maximum Gasteiger partial charge on any atom is 0.249 e. The normalized spacial score (nSPS) is 10.3. The molecule has 0 saturated heterocycles. The first-order chi connectivity index (χ1) is 11.2. The highest BCUT2D eigenvalue weighted by Gasteiger charge is 2.03. The lowest BCUT2D eigenvalue weighted by Crippen LogP contribution is -2.03. The van der Waals surface area contributed by atoms with Crippen molar-refractivity contribution >= 4 is 23.1 Å². The smallest absolute Gasteiger partial charge is 0.249 e. The molecular weight excluding hydrogens is 286 g/mol. The Morgan fingerprint density at radius 1 is 0.957 bits per heavy atom. The third kappa shape index (κ3) is 3.83. The summed E-state index contributed by atoms with van der Waals surface area (Å²) in [6, 6.07) is 16.3. The number of aromatic nitrogens is 3. The maximum atomic E-state index is 4.45. The van der Waals surface area contributed by atoms with Crippen molar-refractivity contribution in [3.8, 4) is 0 Å². The summed E-state index contributed by atoms with van der Waals surface area (Å²) in [6.45, 7) is 4.18. The van der Waals surface area contributed by atoms with Crippen molar-refractivity contribution in [3.63, 3.8) is 0 Å². The zero-order chi connectivity index (χ0) is 16.1. The van der Waals surface area contributed by atoms with Crippen LogP contribution in [0.1, 0.15) is 18.1 Å². The number of nitrogens with one attached hydrogen (secondary N) is 2. The molecule has 0 amide bonds. The molecule has 0 unspecified atom stereocenters. The van der Waals surface area contributed by atoms with E-state index in [1.54, 1.807) is 6.20 Å². The second kappa shape index (κ2) is 6.87. The maximum absolute atomic E-state index is 4.45. The van der Waals surface area contributed by atoms with Crippen LogP contribution in [0, 0.1) is 6.92 Å². The first kappa shape index (κ1) is 15.0. The van der Waals surface area contributed by atoms with Gasteiger partial charge in [0.25, 0.3) is 0 Å². The number of hydrogen-bond donors (Lipinski definition) is 2. The van der Waals surface area contributed by atoms with E-state index >= 15 is 0 Å². The molecule has 1 heterocycles. The van der Waals surface area contributed by atoms with E-state index in [1.807, 2.05) is 43.3 Å². The Labute approximate surface area is 135 Å². The van der Waals surface area contributed by atoms with Gasteiger partial charge in [-0.1, -0.05) is 37.3 Å². The Balaban J connectivity index is 1.75. The number of para-hydroxylation sites is 1. The predicted octanol–water partition coefficient (Wildman–Crippen LogP) is 4.23. The highest BCUT2D eigenvalue weighted by atomic mass is 15.3. The van der Waals surface area contributed by atoms with Gasteiger partial charge in [-0.05, 0) is 42.7 Å². The fraction of sp³-hybridized carbons (Fsp3) is 0.167. The van der Waals surface area contributed by atoms with E-state index in [4.69, 9.17) is 0 Å². The van der Waals surface area contributed by atoms with E-state index in [0.717, 1.165) is 23.4 Å². The molecule has 0 spiro atoms. The molecule has 0 aliphatic heterocycles. The highest BCUT2D eigenvalue weighted by molar-refractivity contribution is 5.61. The molecule has 1 aromatic heterocycles. The molecule has 116 valence electrons. The standard InChI is InChI=1S/C18H19N5/c1-3-14-8-10-15(11-9-14)20-18-22-17(12-19-23-18)21-16-7-5-4-6-13(16)2/h4-12H,3H2,1-2H3,(H2,20,21,22,23). The van der Waals surface area contributed by atoms with Crippen molar-refractivity contribution in [1.82, 2.24) is 15.2 Å². The molecule has 5 heteroatoms. The highest BCUT2D eigenvalue weighted by Crippen LogP contribution is 2.19. The van der Waals surface area contributed by atoms with Crippen molar-refractivity contribution < 1.29 is 0 Å². The average Bonchev–Trinajstić information content (AvgIpc) is 2.58. The lowest BCUT2D eigenvalue weighted by Gasteiger charge is -2.09. The van der Waals surface area contributed by atoms with Gasteiger partial charge in [0.05, 0.1) is 6.20 Å². The van der Waals surface area contributed by atoms with Gasteiger partial charge < -0.3 is 10.6 Å². The Morgan fingerprint density at radius 3 is 2.48 bits per heavy atom. The van der Waals surface area contributed by atoms with Gasteiger partial charge in [0.1, 0.15) is 0 Å². The second-order valence-electron chi connectivity index (χ2n) is 5.28. The van der Waals surface area contributed by atoms with Crippen LogP contribution in [0.3, 0.4) is 0 Å². The van der Waals surface area contributed by atoms with Crippen molar-refractivity contribution in [3.05, 3.63) is 65.9 Å². The van der Waals surface area contributed by atoms with Gasteiger partial charge in [0, 0.05) is 11.4 Å². The average molecular weight is 305 g/mol. The van der Waals surface area contributed by atoms with Crippen LogP contribution in [0.5, 0.6) is 0 Å².